The van der Waals surface area contributed by atoms with E-state index in [1.165, 1.54) is 24.3 Å². The zero-order valence-electron chi connectivity index (χ0n) is 19.1. The van der Waals surface area contributed by atoms with Crippen molar-refractivity contribution in [2.75, 3.05) is 6.54 Å². The molecule has 3 aromatic rings. The second kappa shape index (κ2) is 11.6. The Morgan fingerprint density at radius 1 is 0.895 bits per heavy atom. The van der Waals surface area contributed by atoms with Crippen LogP contribution in [0.5, 0.6) is 5.75 Å². The molecule has 3 aromatic carbocycles. The highest BCUT2D eigenvalue weighted by Gasteiger charge is 2.45. The molecule has 4 nitrogen and oxygen atoms in total. The van der Waals surface area contributed by atoms with Gasteiger partial charge in [0.1, 0.15) is 18.1 Å². The van der Waals surface area contributed by atoms with Gasteiger partial charge in [-0.2, -0.15) is 30.7 Å². The Kier molecular flexibility index (Phi) is 8.90. The molecule has 204 valence electrons. The van der Waals surface area contributed by atoms with Crippen LogP contribution in [-0.2, 0) is 12.0 Å². The van der Waals surface area contributed by atoms with E-state index in [-0.39, 0.29) is 17.5 Å². The van der Waals surface area contributed by atoms with Crippen molar-refractivity contribution >= 4 is 22.0 Å². The molecular formula is C25H19BrF8N2O2. The molecule has 0 aliphatic carbocycles. The lowest BCUT2D eigenvalue weighted by Crippen LogP contribution is -2.53. The molecule has 0 saturated carbocycles. The second-order valence-corrected chi connectivity index (χ2v) is 9.05. The molecule has 0 bridgehead atoms. The summed E-state index contributed by atoms with van der Waals surface area (Å²) in [6.07, 6.45) is -14.2. The van der Waals surface area contributed by atoms with Crippen LogP contribution in [0.4, 0.5) is 39.9 Å². The van der Waals surface area contributed by atoms with Gasteiger partial charge in [-0.15, -0.1) is 0 Å². The Bertz CT molecular complexity index is 1240. The summed E-state index contributed by atoms with van der Waals surface area (Å²) < 4.78 is 110. The Labute approximate surface area is 220 Å². The highest BCUT2D eigenvalue weighted by Crippen LogP contribution is 2.38. The first kappa shape index (κ1) is 29.2. The molecular weight excluding hydrogens is 592 g/mol. The van der Waals surface area contributed by atoms with Crippen molar-refractivity contribution in [3.63, 3.8) is 0 Å². The fraction of sp³-hybridized carbons (Fsp3) is 0.240. The third kappa shape index (κ3) is 7.59. The summed E-state index contributed by atoms with van der Waals surface area (Å²) in [7, 11) is 0. The topological polar surface area (TPSA) is 50.4 Å². The molecule has 2 N–H and O–H groups in total. The van der Waals surface area contributed by atoms with E-state index in [4.69, 9.17) is 0 Å². The van der Waals surface area contributed by atoms with Gasteiger partial charge in [-0.25, -0.2) is 9.18 Å². The lowest BCUT2D eigenvalue weighted by molar-refractivity contribution is -0.253. The van der Waals surface area contributed by atoms with Gasteiger partial charge in [0.25, 0.3) is 0 Å². The van der Waals surface area contributed by atoms with Crippen LogP contribution >= 0.6 is 15.9 Å². The van der Waals surface area contributed by atoms with Crippen molar-refractivity contribution in [2.45, 2.75) is 30.7 Å². The lowest BCUT2D eigenvalue weighted by Gasteiger charge is -2.37. The van der Waals surface area contributed by atoms with Gasteiger partial charge in [0.05, 0.1) is 5.54 Å². The number of amides is 2. The van der Waals surface area contributed by atoms with Gasteiger partial charge in [0.15, 0.2) is 0 Å². The number of alkyl halides is 7. The van der Waals surface area contributed by atoms with E-state index in [9.17, 15) is 39.9 Å². The first-order chi connectivity index (χ1) is 17.7. The van der Waals surface area contributed by atoms with E-state index < -0.39 is 48.4 Å². The summed E-state index contributed by atoms with van der Waals surface area (Å²) in [4.78, 5) is 12.7. The van der Waals surface area contributed by atoms with Crippen molar-refractivity contribution in [1.29, 1.82) is 0 Å². The van der Waals surface area contributed by atoms with Gasteiger partial charge in [-0.3, -0.25) is 0 Å². The predicted octanol–water partition coefficient (Wildman–Crippen LogP) is 7.17. The molecule has 0 fully saturated rings. The highest BCUT2D eigenvalue weighted by molar-refractivity contribution is 9.10. The molecule has 0 aliphatic rings. The maximum atomic E-state index is 14.7. The van der Waals surface area contributed by atoms with Gasteiger partial charge in [-0.05, 0) is 41.0 Å². The SMILES string of the molecule is O=C(NCC(F)(F)F)NC(Cc1ccccc1)(c1ccc(Br)cc1)c1cc(F)cc(OC(F)(F)C(F)F)c1. The molecule has 0 spiro atoms. The monoisotopic (exact) mass is 610 g/mol. The third-order valence-corrected chi connectivity index (χ3v) is 5.83. The first-order valence-electron chi connectivity index (χ1n) is 10.8. The van der Waals surface area contributed by atoms with E-state index in [0.717, 1.165) is 12.1 Å². The maximum absolute atomic E-state index is 14.7. The van der Waals surface area contributed by atoms with Crippen LogP contribution in [0, 0.1) is 5.82 Å². The Morgan fingerprint density at radius 3 is 2.11 bits per heavy atom. The third-order valence-electron chi connectivity index (χ3n) is 5.30. The van der Waals surface area contributed by atoms with Crippen LogP contribution in [0.3, 0.4) is 0 Å². The minimum Gasteiger partial charge on any atom is -0.428 e. The number of carbonyl (C=O) groups excluding carboxylic acids is 1. The maximum Gasteiger partial charge on any atom is 0.461 e. The Hall–Kier alpha value is -3.35. The van der Waals surface area contributed by atoms with Gasteiger partial charge in [0, 0.05) is 17.0 Å². The van der Waals surface area contributed by atoms with E-state index >= 15 is 0 Å². The minimum atomic E-state index is -4.97. The largest absolute Gasteiger partial charge is 0.461 e. The predicted molar refractivity (Wildman–Crippen MR) is 126 cm³/mol. The number of hydrogen-bond donors (Lipinski definition) is 2. The zero-order chi connectivity index (χ0) is 28.1. The number of benzene rings is 3. The van der Waals surface area contributed by atoms with E-state index in [0.29, 0.717) is 16.1 Å². The standard InChI is InChI=1S/C25H19BrF8N2O2/c26-18-8-6-16(7-9-18)23(13-15-4-2-1-3-5-15,36-22(37)35-14-24(30,31)32)17-10-19(27)12-20(11-17)38-25(33,34)21(28)29/h1-12,21H,13-14H2,(H2,35,36,37). The molecule has 0 heterocycles. The summed E-state index contributed by atoms with van der Waals surface area (Å²) in [5.74, 6) is -2.17. The summed E-state index contributed by atoms with van der Waals surface area (Å²) in [6, 6.07) is 15.0. The average molecular weight is 611 g/mol. The Balaban J connectivity index is 2.21. The molecule has 1 atom stereocenters. The minimum absolute atomic E-state index is 0.205. The van der Waals surface area contributed by atoms with Crippen LogP contribution in [0.25, 0.3) is 0 Å². The van der Waals surface area contributed by atoms with E-state index in [1.54, 1.807) is 35.6 Å². The van der Waals surface area contributed by atoms with Gasteiger partial charge < -0.3 is 15.4 Å². The number of ether oxygens (including phenoxy) is 1. The van der Waals surface area contributed by atoms with Crippen molar-refractivity contribution < 1.29 is 44.7 Å². The molecule has 2 amide bonds. The van der Waals surface area contributed by atoms with Crippen molar-refractivity contribution in [1.82, 2.24) is 10.6 Å². The van der Waals surface area contributed by atoms with Crippen LogP contribution in [-0.4, -0.2) is 31.3 Å². The molecule has 0 saturated heterocycles. The fourth-order valence-electron chi connectivity index (χ4n) is 3.68. The van der Waals surface area contributed by atoms with Crippen LogP contribution in [0.15, 0.2) is 77.3 Å². The summed E-state index contributed by atoms with van der Waals surface area (Å²) >= 11 is 3.24. The van der Waals surface area contributed by atoms with Gasteiger partial charge in [-0.1, -0.05) is 58.4 Å². The summed E-state index contributed by atoms with van der Waals surface area (Å²) in [5.41, 5.74) is -1.41. The fourth-order valence-corrected chi connectivity index (χ4v) is 3.95. The average Bonchev–Trinajstić information content (AvgIpc) is 2.82. The first-order valence-corrected chi connectivity index (χ1v) is 11.6. The van der Waals surface area contributed by atoms with Crippen LogP contribution < -0.4 is 15.4 Å². The second-order valence-electron chi connectivity index (χ2n) is 8.14. The number of hydrogen-bond acceptors (Lipinski definition) is 2. The Morgan fingerprint density at radius 2 is 1.53 bits per heavy atom. The van der Waals surface area contributed by atoms with Gasteiger partial charge >= 0.3 is 24.7 Å². The summed E-state index contributed by atoms with van der Waals surface area (Å²) in [5, 5.41) is 4.09. The molecule has 0 aromatic heterocycles. The molecule has 0 aliphatic heterocycles. The smallest absolute Gasteiger partial charge is 0.428 e. The molecule has 0 radical (unpaired) electrons. The normalized spacial score (nSPS) is 13.6. The molecule has 38 heavy (non-hydrogen) atoms. The van der Waals surface area contributed by atoms with Gasteiger partial charge in [0.2, 0.25) is 0 Å². The number of nitrogens with one attached hydrogen (secondary N) is 2. The lowest BCUT2D eigenvalue weighted by atomic mass is 9.78. The summed E-state index contributed by atoms with van der Waals surface area (Å²) in [6.45, 7) is -1.70. The molecule has 3 rings (SSSR count). The van der Waals surface area contributed by atoms with E-state index in [2.05, 4.69) is 26.0 Å². The van der Waals surface area contributed by atoms with Crippen molar-refractivity contribution in [2.24, 2.45) is 0 Å². The number of rotatable bonds is 9. The zero-order valence-corrected chi connectivity index (χ0v) is 20.7. The number of halogens is 9. The highest BCUT2D eigenvalue weighted by atomic mass is 79.9. The molecule has 13 heteroatoms. The number of carbonyl (C=O) groups is 1. The van der Waals surface area contributed by atoms with Crippen molar-refractivity contribution in [3.05, 3.63) is 99.8 Å². The van der Waals surface area contributed by atoms with Crippen LogP contribution in [0.1, 0.15) is 16.7 Å². The molecule has 1 unspecified atom stereocenters. The van der Waals surface area contributed by atoms with Crippen LogP contribution in [0.2, 0.25) is 0 Å². The van der Waals surface area contributed by atoms with E-state index in [1.807, 2.05) is 0 Å². The van der Waals surface area contributed by atoms with Crippen molar-refractivity contribution in [3.8, 4) is 5.75 Å². The number of urea groups is 1. The quantitative estimate of drug-likeness (QED) is 0.252.